The molecule has 0 saturated carbocycles. The number of nitrogens with one attached hydrogen (secondary N) is 3. The summed E-state index contributed by atoms with van der Waals surface area (Å²) in [5.41, 5.74) is 0.653. The molecular weight excluding hydrogens is 342 g/mol. The predicted molar refractivity (Wildman–Crippen MR) is 99.8 cm³/mol. The minimum absolute atomic E-state index is 0. The van der Waals surface area contributed by atoms with Crippen LogP contribution >= 0.6 is 12.4 Å². The number of amides is 2. The number of methoxy groups -OCH3 is 1. The highest BCUT2D eigenvalue weighted by atomic mass is 35.5. The first-order valence-corrected chi connectivity index (χ1v) is 8.45. The SMILES string of the molecule is COCC1(C(=O)NCC(=O)NCCc2ccccc2)CCNCC1.Cl. The number of carbonyl (C=O) groups is 2. The van der Waals surface area contributed by atoms with Gasteiger partial charge in [0.15, 0.2) is 0 Å². The van der Waals surface area contributed by atoms with Crippen LogP contribution in [0.25, 0.3) is 0 Å². The first kappa shape index (κ1) is 21.4. The number of hydrogen-bond acceptors (Lipinski definition) is 4. The monoisotopic (exact) mass is 369 g/mol. The zero-order valence-electron chi connectivity index (χ0n) is 14.7. The minimum atomic E-state index is -0.523. The van der Waals surface area contributed by atoms with E-state index in [9.17, 15) is 9.59 Å². The largest absolute Gasteiger partial charge is 0.384 e. The van der Waals surface area contributed by atoms with Gasteiger partial charge in [0.1, 0.15) is 0 Å². The van der Waals surface area contributed by atoms with Crippen molar-refractivity contribution in [2.75, 3.05) is 39.9 Å². The molecular formula is C18H28ClN3O3. The fourth-order valence-electron chi connectivity index (χ4n) is 3.02. The van der Waals surface area contributed by atoms with E-state index in [0.29, 0.717) is 13.2 Å². The van der Waals surface area contributed by atoms with E-state index in [1.54, 1.807) is 7.11 Å². The third kappa shape index (κ3) is 6.65. The molecule has 0 aromatic heterocycles. The fraction of sp³-hybridized carbons (Fsp3) is 0.556. The van der Waals surface area contributed by atoms with Crippen LogP contribution in [0, 0.1) is 5.41 Å². The summed E-state index contributed by atoms with van der Waals surface area (Å²) < 4.78 is 5.24. The van der Waals surface area contributed by atoms with Gasteiger partial charge in [-0.3, -0.25) is 9.59 Å². The lowest BCUT2D eigenvalue weighted by Crippen LogP contribution is -2.51. The lowest BCUT2D eigenvalue weighted by atomic mass is 9.78. The number of hydrogen-bond donors (Lipinski definition) is 3. The molecule has 7 heteroatoms. The Labute approximate surface area is 155 Å². The topological polar surface area (TPSA) is 79.5 Å². The van der Waals surface area contributed by atoms with Crippen LogP contribution in [0.5, 0.6) is 0 Å². The highest BCUT2D eigenvalue weighted by molar-refractivity contribution is 5.88. The molecule has 1 aromatic carbocycles. The van der Waals surface area contributed by atoms with Crippen molar-refractivity contribution >= 4 is 24.2 Å². The Bertz CT molecular complexity index is 528. The van der Waals surface area contributed by atoms with Gasteiger partial charge in [0, 0.05) is 13.7 Å². The maximum absolute atomic E-state index is 12.5. The lowest BCUT2D eigenvalue weighted by molar-refractivity contribution is -0.137. The molecule has 1 saturated heterocycles. The lowest BCUT2D eigenvalue weighted by Gasteiger charge is -2.35. The van der Waals surface area contributed by atoms with Gasteiger partial charge in [-0.1, -0.05) is 30.3 Å². The molecule has 3 N–H and O–H groups in total. The molecule has 0 aliphatic carbocycles. The molecule has 2 rings (SSSR count). The third-order valence-corrected chi connectivity index (χ3v) is 4.45. The molecule has 25 heavy (non-hydrogen) atoms. The molecule has 0 radical (unpaired) electrons. The van der Waals surface area contributed by atoms with E-state index in [0.717, 1.165) is 32.4 Å². The Morgan fingerprint density at radius 3 is 2.48 bits per heavy atom. The van der Waals surface area contributed by atoms with Gasteiger partial charge in [0.25, 0.3) is 0 Å². The molecule has 140 valence electrons. The predicted octanol–water partition coefficient (Wildman–Crippen LogP) is 0.900. The second kappa shape index (κ2) is 11.1. The zero-order valence-corrected chi connectivity index (χ0v) is 15.5. The summed E-state index contributed by atoms with van der Waals surface area (Å²) in [6.07, 6.45) is 2.23. The number of piperidine rings is 1. The maximum Gasteiger partial charge on any atom is 0.239 e. The Balaban J connectivity index is 0.00000312. The maximum atomic E-state index is 12.5. The Morgan fingerprint density at radius 2 is 1.84 bits per heavy atom. The summed E-state index contributed by atoms with van der Waals surface area (Å²) in [5.74, 6) is -0.259. The molecule has 1 fully saturated rings. The minimum Gasteiger partial charge on any atom is -0.384 e. The van der Waals surface area contributed by atoms with Gasteiger partial charge in [-0.05, 0) is 37.9 Å². The van der Waals surface area contributed by atoms with Crippen LogP contribution in [0.1, 0.15) is 18.4 Å². The Hall–Kier alpha value is -1.63. The van der Waals surface area contributed by atoms with Gasteiger partial charge in [-0.25, -0.2) is 0 Å². The molecule has 2 amide bonds. The molecule has 0 spiro atoms. The molecule has 1 aliphatic heterocycles. The van der Waals surface area contributed by atoms with E-state index in [2.05, 4.69) is 16.0 Å². The first-order valence-electron chi connectivity index (χ1n) is 8.45. The summed E-state index contributed by atoms with van der Waals surface area (Å²) in [4.78, 5) is 24.4. The Morgan fingerprint density at radius 1 is 1.16 bits per heavy atom. The number of benzene rings is 1. The molecule has 0 unspecified atom stereocenters. The summed E-state index contributed by atoms with van der Waals surface area (Å²) in [5, 5.41) is 8.85. The van der Waals surface area contributed by atoms with Crippen LogP contribution in [-0.2, 0) is 20.7 Å². The van der Waals surface area contributed by atoms with E-state index in [1.165, 1.54) is 5.56 Å². The number of carbonyl (C=O) groups excluding carboxylic acids is 2. The molecule has 6 nitrogen and oxygen atoms in total. The van der Waals surface area contributed by atoms with E-state index in [4.69, 9.17) is 4.74 Å². The standard InChI is InChI=1S/C18H27N3O3.ClH/c1-24-14-18(8-11-19-12-9-18)17(23)21-13-16(22)20-10-7-15-5-3-2-4-6-15;/h2-6,19H,7-14H2,1H3,(H,20,22)(H,21,23);1H. The van der Waals surface area contributed by atoms with Crippen molar-refractivity contribution in [3.8, 4) is 0 Å². The third-order valence-electron chi connectivity index (χ3n) is 4.45. The number of ether oxygens (including phenoxy) is 1. The second-order valence-corrected chi connectivity index (χ2v) is 6.23. The van der Waals surface area contributed by atoms with Gasteiger partial charge < -0.3 is 20.7 Å². The normalized spacial score (nSPS) is 15.7. The summed E-state index contributed by atoms with van der Waals surface area (Å²) in [7, 11) is 1.60. The van der Waals surface area contributed by atoms with Crippen LogP contribution in [0.4, 0.5) is 0 Å². The van der Waals surface area contributed by atoms with Crippen LogP contribution in [0.2, 0.25) is 0 Å². The number of halogens is 1. The molecule has 1 aliphatic rings. The summed E-state index contributed by atoms with van der Waals surface area (Å²) >= 11 is 0. The average Bonchev–Trinajstić information content (AvgIpc) is 2.61. The van der Waals surface area contributed by atoms with Crippen LogP contribution in [-0.4, -0.2) is 51.7 Å². The van der Waals surface area contributed by atoms with E-state index >= 15 is 0 Å². The highest BCUT2D eigenvalue weighted by Crippen LogP contribution is 2.29. The van der Waals surface area contributed by atoms with Crippen molar-refractivity contribution < 1.29 is 14.3 Å². The van der Waals surface area contributed by atoms with Gasteiger partial charge in [-0.15, -0.1) is 12.4 Å². The zero-order chi connectivity index (χ0) is 17.3. The second-order valence-electron chi connectivity index (χ2n) is 6.23. The molecule has 1 aromatic rings. The fourth-order valence-corrected chi connectivity index (χ4v) is 3.02. The smallest absolute Gasteiger partial charge is 0.239 e. The van der Waals surface area contributed by atoms with Crippen molar-refractivity contribution in [1.29, 1.82) is 0 Å². The van der Waals surface area contributed by atoms with Crippen LogP contribution in [0.3, 0.4) is 0 Å². The van der Waals surface area contributed by atoms with Gasteiger partial charge in [0.2, 0.25) is 11.8 Å². The van der Waals surface area contributed by atoms with Crippen molar-refractivity contribution in [2.45, 2.75) is 19.3 Å². The van der Waals surface area contributed by atoms with Crippen LogP contribution < -0.4 is 16.0 Å². The first-order chi connectivity index (χ1) is 11.7. The quantitative estimate of drug-likeness (QED) is 0.636. The van der Waals surface area contributed by atoms with E-state index in [1.807, 2.05) is 30.3 Å². The Kier molecular flexibility index (Phi) is 9.49. The van der Waals surface area contributed by atoms with Gasteiger partial charge in [0.05, 0.1) is 18.6 Å². The number of rotatable bonds is 8. The van der Waals surface area contributed by atoms with Crippen LogP contribution in [0.15, 0.2) is 30.3 Å². The highest BCUT2D eigenvalue weighted by Gasteiger charge is 2.39. The molecule has 0 bridgehead atoms. The van der Waals surface area contributed by atoms with E-state index in [-0.39, 0.29) is 30.8 Å². The summed E-state index contributed by atoms with van der Waals surface area (Å²) in [6.45, 7) is 2.54. The molecule has 0 atom stereocenters. The van der Waals surface area contributed by atoms with Gasteiger partial charge in [-0.2, -0.15) is 0 Å². The van der Waals surface area contributed by atoms with Crippen molar-refractivity contribution in [1.82, 2.24) is 16.0 Å². The molecule has 1 heterocycles. The average molecular weight is 370 g/mol. The van der Waals surface area contributed by atoms with Gasteiger partial charge >= 0.3 is 0 Å². The van der Waals surface area contributed by atoms with Crippen molar-refractivity contribution in [2.24, 2.45) is 5.41 Å². The van der Waals surface area contributed by atoms with E-state index < -0.39 is 5.41 Å². The van der Waals surface area contributed by atoms with Crippen molar-refractivity contribution in [3.05, 3.63) is 35.9 Å². The summed E-state index contributed by atoms with van der Waals surface area (Å²) in [6, 6.07) is 9.98. The van der Waals surface area contributed by atoms with Crippen molar-refractivity contribution in [3.63, 3.8) is 0 Å².